The van der Waals surface area contributed by atoms with Gasteiger partial charge in [0.2, 0.25) is 0 Å². The molecule has 47 heavy (non-hydrogen) atoms. The third kappa shape index (κ3) is 7.42. The number of esters is 1. The summed E-state index contributed by atoms with van der Waals surface area (Å²) in [5.74, 6) is 0.284. The summed E-state index contributed by atoms with van der Waals surface area (Å²) in [6.07, 6.45) is 0.913. The van der Waals surface area contributed by atoms with Gasteiger partial charge in [0.05, 0.1) is 35.8 Å². The van der Waals surface area contributed by atoms with Gasteiger partial charge in [0.1, 0.15) is 35.0 Å². The molecule has 1 aliphatic heterocycles. The summed E-state index contributed by atoms with van der Waals surface area (Å²) < 4.78 is 59.1. The maximum atomic E-state index is 12.8. The molecule has 2 aromatic carbocycles. The monoisotopic (exact) mass is 687 g/mol. The lowest BCUT2D eigenvalue weighted by Gasteiger charge is -2.32. The van der Waals surface area contributed by atoms with E-state index < -0.39 is 24.7 Å². The van der Waals surface area contributed by atoms with Crippen LogP contribution in [0.5, 0.6) is 11.5 Å². The van der Waals surface area contributed by atoms with Crippen molar-refractivity contribution in [2.75, 3.05) is 26.7 Å². The van der Waals surface area contributed by atoms with Crippen LogP contribution in [-0.4, -0.2) is 69.2 Å². The summed E-state index contributed by atoms with van der Waals surface area (Å²) in [7, 11) is 3.19. The first-order chi connectivity index (χ1) is 22.5. The van der Waals surface area contributed by atoms with Crippen LogP contribution in [0.2, 0.25) is 5.02 Å². The molecule has 9 nitrogen and oxygen atoms in total. The first-order valence-electron chi connectivity index (χ1n) is 15.1. The summed E-state index contributed by atoms with van der Waals surface area (Å²) >= 11 is 8.04. The first-order valence-corrected chi connectivity index (χ1v) is 16.3. The lowest BCUT2D eigenvalue weighted by Crippen LogP contribution is -2.39. The molecule has 0 amide bonds. The van der Waals surface area contributed by atoms with Crippen LogP contribution in [0.1, 0.15) is 47.5 Å². The number of piperidine rings is 1. The standard InChI is InChI=1S/C33H33ClF3N5O4S/c1-20(24-5-4-6-27(30(24)34)46-23-9-12-41(13-10-23)14-11-33(35,36)37)45-28-16-29(47-31(28)32(43)44-3)42-19-38-25-15-21(7-8-26(25)42)22-17-39-40(2)18-22/h4-8,15-20,23H,9-14H2,1-3H3/t20-/m1/s1. The minimum Gasteiger partial charge on any atom is -0.489 e. The number of likely N-dealkylation sites (tertiary alicyclic amines) is 1. The molecule has 0 unspecified atom stereocenters. The van der Waals surface area contributed by atoms with Crippen molar-refractivity contribution in [3.63, 3.8) is 0 Å². The van der Waals surface area contributed by atoms with Gasteiger partial charge in [-0.05, 0) is 43.5 Å². The van der Waals surface area contributed by atoms with Crippen LogP contribution in [0.4, 0.5) is 13.2 Å². The van der Waals surface area contributed by atoms with Gasteiger partial charge in [0.25, 0.3) is 0 Å². The number of benzene rings is 2. The predicted molar refractivity (Wildman–Crippen MR) is 174 cm³/mol. The molecule has 0 radical (unpaired) electrons. The van der Waals surface area contributed by atoms with Gasteiger partial charge < -0.3 is 19.1 Å². The van der Waals surface area contributed by atoms with Gasteiger partial charge in [0, 0.05) is 50.1 Å². The number of nitrogens with zero attached hydrogens (tertiary/aromatic N) is 5. The Morgan fingerprint density at radius 1 is 1.13 bits per heavy atom. The van der Waals surface area contributed by atoms with Crippen LogP contribution in [0, 0.1) is 0 Å². The normalized spacial score (nSPS) is 15.2. The molecule has 0 aliphatic carbocycles. The molecule has 0 spiro atoms. The van der Waals surface area contributed by atoms with E-state index in [9.17, 15) is 18.0 Å². The quantitative estimate of drug-likeness (QED) is 0.138. The second-order valence-corrected chi connectivity index (χ2v) is 12.8. The SMILES string of the molecule is COC(=O)c1sc(-n2cnc3cc(-c4cnn(C)c4)ccc32)cc1O[C@H](C)c1cccc(OC2CCN(CCC(F)(F)F)CC2)c1Cl. The number of methoxy groups -OCH3 is 1. The number of imidazole rings is 1. The average Bonchev–Trinajstić information content (AvgIpc) is 3.79. The summed E-state index contributed by atoms with van der Waals surface area (Å²) in [4.78, 5) is 19.5. The number of rotatable bonds is 10. The zero-order chi connectivity index (χ0) is 33.3. The van der Waals surface area contributed by atoms with Crippen LogP contribution in [0.3, 0.4) is 0 Å². The summed E-state index contributed by atoms with van der Waals surface area (Å²) in [6.45, 7) is 2.86. The van der Waals surface area contributed by atoms with Crippen LogP contribution in [-0.2, 0) is 11.8 Å². The second-order valence-electron chi connectivity index (χ2n) is 11.4. The number of fused-ring (bicyclic) bond motifs is 1. The van der Waals surface area contributed by atoms with E-state index in [1.165, 1.54) is 18.4 Å². The van der Waals surface area contributed by atoms with E-state index in [1.807, 2.05) is 60.0 Å². The molecule has 248 valence electrons. The molecule has 3 aromatic heterocycles. The van der Waals surface area contributed by atoms with E-state index in [0.29, 0.717) is 57.9 Å². The van der Waals surface area contributed by atoms with Crippen molar-refractivity contribution in [3.8, 4) is 27.6 Å². The van der Waals surface area contributed by atoms with Gasteiger partial charge >= 0.3 is 12.1 Å². The maximum Gasteiger partial charge on any atom is 0.390 e. The van der Waals surface area contributed by atoms with Crippen molar-refractivity contribution in [2.24, 2.45) is 7.05 Å². The molecule has 5 aromatic rings. The van der Waals surface area contributed by atoms with Crippen LogP contribution < -0.4 is 9.47 Å². The lowest BCUT2D eigenvalue weighted by molar-refractivity contribution is -0.138. The van der Waals surface area contributed by atoms with Crippen molar-refractivity contribution in [1.29, 1.82) is 0 Å². The second kappa shape index (κ2) is 13.6. The van der Waals surface area contributed by atoms with E-state index in [0.717, 1.165) is 22.2 Å². The Labute approximate surface area is 278 Å². The number of alkyl halides is 3. The number of hydrogen-bond acceptors (Lipinski definition) is 8. The number of carbonyl (C=O) groups excluding carboxylic acids is 1. The maximum absolute atomic E-state index is 12.8. The summed E-state index contributed by atoms with van der Waals surface area (Å²) in [6, 6.07) is 13.2. The van der Waals surface area contributed by atoms with E-state index in [2.05, 4.69) is 10.1 Å². The highest BCUT2D eigenvalue weighted by Crippen LogP contribution is 2.40. The van der Waals surface area contributed by atoms with Crippen molar-refractivity contribution < 1.29 is 32.2 Å². The van der Waals surface area contributed by atoms with Crippen LogP contribution >= 0.6 is 22.9 Å². The van der Waals surface area contributed by atoms with E-state index >= 15 is 0 Å². The smallest absolute Gasteiger partial charge is 0.390 e. The fraction of sp³-hybridized carbons (Fsp3) is 0.364. The largest absolute Gasteiger partial charge is 0.489 e. The Morgan fingerprint density at radius 3 is 2.62 bits per heavy atom. The molecule has 1 fully saturated rings. The number of halogens is 4. The fourth-order valence-electron chi connectivity index (χ4n) is 5.64. The molecular weight excluding hydrogens is 655 g/mol. The Balaban J connectivity index is 1.18. The Hall–Kier alpha value is -4.07. The van der Waals surface area contributed by atoms with Gasteiger partial charge in [-0.25, -0.2) is 9.78 Å². The Bertz CT molecular complexity index is 1880. The zero-order valence-corrected chi connectivity index (χ0v) is 27.5. The number of aryl methyl sites for hydroxylation is 1. The van der Waals surface area contributed by atoms with Gasteiger partial charge in [-0.2, -0.15) is 18.3 Å². The highest BCUT2D eigenvalue weighted by Gasteiger charge is 2.30. The minimum absolute atomic E-state index is 0.0106. The van der Waals surface area contributed by atoms with E-state index in [4.69, 9.17) is 25.8 Å². The Morgan fingerprint density at radius 2 is 1.91 bits per heavy atom. The van der Waals surface area contributed by atoms with Gasteiger partial charge in [-0.1, -0.05) is 29.8 Å². The molecule has 4 heterocycles. The average molecular weight is 688 g/mol. The van der Waals surface area contributed by atoms with Crippen molar-refractivity contribution in [3.05, 3.63) is 76.6 Å². The Kier molecular flexibility index (Phi) is 9.49. The molecule has 1 atom stereocenters. The topological polar surface area (TPSA) is 83.6 Å². The number of hydrogen-bond donors (Lipinski definition) is 0. The first kappa shape index (κ1) is 32.9. The lowest BCUT2D eigenvalue weighted by atomic mass is 10.1. The highest BCUT2D eigenvalue weighted by atomic mass is 35.5. The number of carbonyl (C=O) groups is 1. The minimum atomic E-state index is -4.17. The molecule has 1 aliphatic rings. The van der Waals surface area contributed by atoms with Gasteiger partial charge in [-0.15, -0.1) is 11.3 Å². The van der Waals surface area contributed by atoms with Crippen molar-refractivity contribution in [1.82, 2.24) is 24.2 Å². The molecule has 0 saturated carbocycles. The molecule has 14 heteroatoms. The highest BCUT2D eigenvalue weighted by molar-refractivity contribution is 7.16. The number of ether oxygens (including phenoxy) is 3. The number of aromatic nitrogens is 4. The van der Waals surface area contributed by atoms with Gasteiger partial charge in [0.15, 0.2) is 4.88 Å². The number of thiophene rings is 1. The van der Waals surface area contributed by atoms with E-state index in [1.54, 1.807) is 29.3 Å². The molecule has 1 saturated heterocycles. The van der Waals surface area contributed by atoms with Crippen LogP contribution in [0.25, 0.3) is 27.2 Å². The zero-order valence-electron chi connectivity index (χ0n) is 26.0. The third-order valence-electron chi connectivity index (χ3n) is 8.15. The fourth-order valence-corrected chi connectivity index (χ4v) is 6.96. The van der Waals surface area contributed by atoms with Crippen molar-refractivity contribution in [2.45, 2.75) is 44.6 Å². The van der Waals surface area contributed by atoms with Gasteiger partial charge in [-0.3, -0.25) is 9.25 Å². The molecule has 6 rings (SSSR count). The van der Waals surface area contributed by atoms with E-state index in [-0.39, 0.29) is 12.6 Å². The van der Waals surface area contributed by atoms with Crippen molar-refractivity contribution >= 4 is 39.9 Å². The van der Waals surface area contributed by atoms with Crippen LogP contribution in [0.15, 0.2) is 61.2 Å². The molecule has 0 bridgehead atoms. The third-order valence-corrected chi connectivity index (χ3v) is 9.65. The summed E-state index contributed by atoms with van der Waals surface area (Å²) in [5.41, 5.74) is 4.27. The molecule has 0 N–H and O–H groups in total. The summed E-state index contributed by atoms with van der Waals surface area (Å²) in [5, 5.41) is 5.34. The predicted octanol–water partition coefficient (Wildman–Crippen LogP) is 7.86. The molecular formula is C33H33ClF3N5O4S.